The molecule has 0 radical (unpaired) electrons. The molecule has 2 rings (SSSR count). The molecule has 0 saturated carbocycles. The van der Waals surface area contributed by atoms with E-state index in [0.29, 0.717) is 5.01 Å². The van der Waals surface area contributed by atoms with Gasteiger partial charge in [0.2, 0.25) is 10.0 Å². The van der Waals surface area contributed by atoms with E-state index < -0.39 is 15.8 Å². The van der Waals surface area contributed by atoms with Crippen molar-refractivity contribution in [3.05, 3.63) is 46.2 Å². The first kappa shape index (κ1) is 13.6. The fourth-order valence-corrected chi connectivity index (χ4v) is 3.00. The lowest BCUT2D eigenvalue weighted by Crippen LogP contribution is -2.23. The minimum atomic E-state index is -3.79. The summed E-state index contributed by atoms with van der Waals surface area (Å²) < 4.78 is 39.3. The molecule has 98 valence electrons. The van der Waals surface area contributed by atoms with Crippen LogP contribution in [0.4, 0.5) is 4.39 Å². The van der Waals surface area contributed by atoms with Gasteiger partial charge in [-0.2, -0.15) is 5.26 Å². The van der Waals surface area contributed by atoms with Gasteiger partial charge in [0, 0.05) is 11.6 Å². The molecular formula is C11H8FN3O2S2. The molecule has 0 spiro atoms. The Bertz CT molecular complexity index is 721. The minimum absolute atomic E-state index is 0.0548. The van der Waals surface area contributed by atoms with Crippen LogP contribution in [0.25, 0.3) is 0 Å². The van der Waals surface area contributed by atoms with Crippen molar-refractivity contribution < 1.29 is 12.8 Å². The molecule has 0 fully saturated rings. The summed E-state index contributed by atoms with van der Waals surface area (Å²) in [6.45, 7) is 0.0548. The van der Waals surface area contributed by atoms with Crippen molar-refractivity contribution in [1.82, 2.24) is 9.71 Å². The van der Waals surface area contributed by atoms with E-state index in [1.165, 1.54) is 11.3 Å². The van der Waals surface area contributed by atoms with Gasteiger partial charge in [-0.25, -0.2) is 22.5 Å². The minimum Gasteiger partial charge on any atom is -0.248 e. The Morgan fingerprint density at radius 3 is 2.89 bits per heavy atom. The van der Waals surface area contributed by atoms with E-state index in [-0.39, 0.29) is 17.0 Å². The van der Waals surface area contributed by atoms with Crippen molar-refractivity contribution in [3.63, 3.8) is 0 Å². The molecule has 0 aliphatic carbocycles. The number of sulfonamides is 1. The number of nitrogens with zero attached hydrogens (tertiary/aromatic N) is 2. The van der Waals surface area contributed by atoms with Gasteiger partial charge in [-0.3, -0.25) is 0 Å². The fraction of sp³-hybridized carbons (Fsp3) is 0.0909. The van der Waals surface area contributed by atoms with Crippen LogP contribution in [0.5, 0.6) is 0 Å². The smallest absolute Gasteiger partial charge is 0.240 e. The Morgan fingerprint density at radius 2 is 2.26 bits per heavy atom. The molecule has 8 heteroatoms. The van der Waals surface area contributed by atoms with Crippen molar-refractivity contribution in [2.75, 3.05) is 0 Å². The van der Waals surface area contributed by atoms with E-state index in [0.717, 1.165) is 18.2 Å². The Balaban J connectivity index is 2.22. The van der Waals surface area contributed by atoms with Crippen molar-refractivity contribution >= 4 is 21.4 Å². The SMILES string of the molecule is N#Cc1cc(S(=O)(=O)NCc2nccs2)ccc1F. The molecule has 1 N–H and O–H groups in total. The molecule has 0 bridgehead atoms. The van der Waals surface area contributed by atoms with Crippen molar-refractivity contribution in [1.29, 1.82) is 5.26 Å². The van der Waals surface area contributed by atoms with Gasteiger partial charge in [-0.05, 0) is 18.2 Å². The van der Waals surface area contributed by atoms with Crippen LogP contribution >= 0.6 is 11.3 Å². The molecule has 0 atom stereocenters. The highest BCUT2D eigenvalue weighted by Gasteiger charge is 2.16. The zero-order valence-corrected chi connectivity index (χ0v) is 11.1. The molecule has 1 aromatic carbocycles. The summed E-state index contributed by atoms with van der Waals surface area (Å²) in [5.41, 5.74) is -0.308. The van der Waals surface area contributed by atoms with Gasteiger partial charge in [0.25, 0.3) is 0 Å². The number of thiazole rings is 1. The molecule has 19 heavy (non-hydrogen) atoms. The molecule has 1 heterocycles. The molecule has 0 aliphatic heterocycles. The largest absolute Gasteiger partial charge is 0.248 e. The van der Waals surface area contributed by atoms with Crippen LogP contribution in [0.15, 0.2) is 34.7 Å². The first-order valence-electron chi connectivity index (χ1n) is 5.10. The second-order valence-corrected chi connectivity index (χ2v) is 6.25. The zero-order valence-electron chi connectivity index (χ0n) is 9.50. The van der Waals surface area contributed by atoms with E-state index in [1.54, 1.807) is 17.6 Å². The number of nitrogens with one attached hydrogen (secondary N) is 1. The fourth-order valence-electron chi connectivity index (χ4n) is 1.34. The van der Waals surface area contributed by atoms with Gasteiger partial charge in [0.05, 0.1) is 17.0 Å². The molecular weight excluding hydrogens is 289 g/mol. The summed E-state index contributed by atoms with van der Waals surface area (Å²) in [6, 6.07) is 4.67. The van der Waals surface area contributed by atoms with Gasteiger partial charge in [-0.15, -0.1) is 11.3 Å². The Morgan fingerprint density at radius 1 is 1.47 bits per heavy atom. The predicted octanol–water partition coefficient (Wildman–Crippen LogP) is 1.63. The Kier molecular flexibility index (Phi) is 3.90. The van der Waals surface area contributed by atoms with Gasteiger partial charge >= 0.3 is 0 Å². The maximum Gasteiger partial charge on any atom is 0.240 e. The third-order valence-corrected chi connectivity index (χ3v) is 4.44. The second kappa shape index (κ2) is 5.44. The number of hydrogen-bond donors (Lipinski definition) is 1. The summed E-state index contributed by atoms with van der Waals surface area (Å²) in [5.74, 6) is -0.749. The summed E-state index contributed by atoms with van der Waals surface area (Å²) in [7, 11) is -3.79. The number of benzene rings is 1. The van der Waals surface area contributed by atoms with E-state index in [2.05, 4.69) is 9.71 Å². The number of nitriles is 1. The van der Waals surface area contributed by atoms with Gasteiger partial charge in [0.1, 0.15) is 16.9 Å². The van der Waals surface area contributed by atoms with Crippen LogP contribution in [-0.4, -0.2) is 13.4 Å². The van der Waals surface area contributed by atoms with Crippen LogP contribution in [0, 0.1) is 17.1 Å². The molecule has 2 aromatic rings. The molecule has 0 aliphatic rings. The van der Waals surface area contributed by atoms with Crippen LogP contribution in [0.2, 0.25) is 0 Å². The molecule has 0 unspecified atom stereocenters. The molecule has 5 nitrogen and oxygen atoms in total. The van der Waals surface area contributed by atoms with Crippen molar-refractivity contribution in [2.45, 2.75) is 11.4 Å². The highest BCUT2D eigenvalue weighted by atomic mass is 32.2. The topological polar surface area (TPSA) is 82.8 Å². The monoisotopic (exact) mass is 297 g/mol. The quantitative estimate of drug-likeness (QED) is 0.929. The molecule has 1 aromatic heterocycles. The average molecular weight is 297 g/mol. The maximum absolute atomic E-state index is 13.1. The number of hydrogen-bond acceptors (Lipinski definition) is 5. The average Bonchev–Trinajstić information content (AvgIpc) is 2.90. The van der Waals surface area contributed by atoms with E-state index in [1.807, 2.05) is 0 Å². The maximum atomic E-state index is 13.1. The third-order valence-electron chi connectivity index (χ3n) is 2.27. The van der Waals surface area contributed by atoms with Crippen LogP contribution in [0.1, 0.15) is 10.6 Å². The first-order valence-corrected chi connectivity index (χ1v) is 7.47. The van der Waals surface area contributed by atoms with E-state index in [4.69, 9.17) is 5.26 Å². The highest BCUT2D eigenvalue weighted by Crippen LogP contribution is 2.15. The van der Waals surface area contributed by atoms with Crippen LogP contribution in [0.3, 0.4) is 0 Å². The number of aromatic nitrogens is 1. The van der Waals surface area contributed by atoms with Crippen LogP contribution in [-0.2, 0) is 16.6 Å². The zero-order chi connectivity index (χ0) is 13.9. The van der Waals surface area contributed by atoms with Crippen LogP contribution < -0.4 is 4.72 Å². The summed E-state index contributed by atoms with van der Waals surface area (Å²) >= 11 is 1.32. The predicted molar refractivity (Wildman–Crippen MR) is 67.3 cm³/mol. The summed E-state index contributed by atoms with van der Waals surface area (Å²) in [4.78, 5) is 3.79. The lowest BCUT2D eigenvalue weighted by atomic mass is 10.2. The Labute approximate surface area is 113 Å². The van der Waals surface area contributed by atoms with Gasteiger partial charge in [-0.1, -0.05) is 0 Å². The Hall–Kier alpha value is -1.82. The van der Waals surface area contributed by atoms with Gasteiger partial charge in [0.15, 0.2) is 0 Å². The number of halogens is 1. The standard InChI is InChI=1S/C11H8FN3O2S2/c12-10-2-1-9(5-8(10)6-13)19(16,17)15-7-11-14-3-4-18-11/h1-5,15H,7H2. The lowest BCUT2D eigenvalue weighted by Gasteiger charge is -2.05. The van der Waals surface area contributed by atoms with Crippen molar-refractivity contribution in [3.8, 4) is 6.07 Å². The van der Waals surface area contributed by atoms with Crippen molar-refractivity contribution in [2.24, 2.45) is 0 Å². The second-order valence-electron chi connectivity index (χ2n) is 3.50. The van der Waals surface area contributed by atoms with Gasteiger partial charge < -0.3 is 0 Å². The van der Waals surface area contributed by atoms with E-state index in [9.17, 15) is 12.8 Å². The highest BCUT2D eigenvalue weighted by molar-refractivity contribution is 7.89. The third kappa shape index (κ3) is 3.14. The number of rotatable bonds is 4. The summed E-state index contributed by atoms with van der Waals surface area (Å²) in [5, 5.41) is 11.0. The summed E-state index contributed by atoms with van der Waals surface area (Å²) in [6.07, 6.45) is 1.57. The molecule has 0 amide bonds. The van der Waals surface area contributed by atoms with E-state index >= 15 is 0 Å². The first-order chi connectivity index (χ1) is 9.03. The lowest BCUT2D eigenvalue weighted by molar-refractivity contribution is 0.580. The molecule has 0 saturated heterocycles. The normalized spacial score (nSPS) is 11.2.